The molecule has 3 heterocycles. The molecule has 0 aliphatic carbocycles. The van der Waals surface area contributed by atoms with Gasteiger partial charge in [-0.15, -0.1) is 11.3 Å². The van der Waals surface area contributed by atoms with E-state index in [-0.39, 0.29) is 29.1 Å². The minimum Gasteiger partial charge on any atom is -0.486 e. The summed E-state index contributed by atoms with van der Waals surface area (Å²) in [6.45, 7) is 3.48. The average molecular weight is 448 g/mol. The van der Waals surface area contributed by atoms with Crippen LogP contribution >= 0.6 is 11.3 Å². The zero-order valence-corrected chi connectivity index (χ0v) is 18.5. The number of amides is 1. The molecule has 1 aromatic carbocycles. The van der Waals surface area contributed by atoms with Crippen LogP contribution in [-0.4, -0.2) is 50.8 Å². The minimum absolute atomic E-state index is 0.0143. The van der Waals surface area contributed by atoms with Gasteiger partial charge in [-0.1, -0.05) is 30.3 Å². The molecule has 0 spiro atoms. The summed E-state index contributed by atoms with van der Waals surface area (Å²) in [4.78, 5) is 16.4. The third kappa shape index (κ3) is 4.45. The molecule has 2 aliphatic rings. The van der Waals surface area contributed by atoms with E-state index in [4.69, 9.17) is 9.47 Å². The van der Waals surface area contributed by atoms with Gasteiger partial charge in [-0.05, 0) is 42.3 Å². The Bertz CT molecular complexity index is 1040. The molecular weight excluding hydrogens is 422 g/mol. The molecule has 0 radical (unpaired) electrons. The van der Waals surface area contributed by atoms with Crippen molar-refractivity contribution in [3.05, 3.63) is 63.5 Å². The quantitative estimate of drug-likeness (QED) is 0.679. The van der Waals surface area contributed by atoms with E-state index in [1.807, 2.05) is 24.4 Å². The SMILES string of the molecule is Cc1ccsc1CN(C[C@H]1CCCO1)C(=O)C1=C(c2ccccc2)S(=O)(=O)CCO1. The van der Waals surface area contributed by atoms with E-state index in [1.54, 1.807) is 40.5 Å². The molecule has 30 heavy (non-hydrogen) atoms. The number of ether oxygens (including phenoxy) is 2. The number of benzene rings is 1. The highest BCUT2D eigenvalue weighted by Crippen LogP contribution is 2.32. The number of aryl methyl sites for hydroxylation is 1. The maximum Gasteiger partial charge on any atom is 0.290 e. The van der Waals surface area contributed by atoms with Crippen molar-refractivity contribution in [2.75, 3.05) is 25.5 Å². The third-order valence-corrected chi connectivity index (χ3v) is 8.14. The Balaban J connectivity index is 1.73. The smallest absolute Gasteiger partial charge is 0.290 e. The van der Waals surface area contributed by atoms with Gasteiger partial charge in [0.05, 0.1) is 18.4 Å². The number of thiophene rings is 1. The van der Waals surface area contributed by atoms with Crippen molar-refractivity contribution in [1.29, 1.82) is 0 Å². The van der Waals surface area contributed by atoms with Gasteiger partial charge in [0.25, 0.3) is 5.91 Å². The Morgan fingerprint density at radius 1 is 1.20 bits per heavy atom. The van der Waals surface area contributed by atoms with Crippen LogP contribution in [0.5, 0.6) is 0 Å². The van der Waals surface area contributed by atoms with Gasteiger partial charge in [0.15, 0.2) is 9.84 Å². The predicted octanol–water partition coefficient (Wildman–Crippen LogP) is 3.38. The summed E-state index contributed by atoms with van der Waals surface area (Å²) in [7, 11) is -3.62. The summed E-state index contributed by atoms with van der Waals surface area (Å²) in [5.41, 5.74) is 1.59. The summed E-state index contributed by atoms with van der Waals surface area (Å²) < 4.78 is 37.3. The van der Waals surface area contributed by atoms with E-state index < -0.39 is 15.7 Å². The Morgan fingerprint density at radius 2 is 2.00 bits per heavy atom. The number of hydrogen-bond donors (Lipinski definition) is 0. The lowest BCUT2D eigenvalue weighted by Gasteiger charge is -2.29. The average Bonchev–Trinajstić information content (AvgIpc) is 3.39. The fourth-order valence-electron chi connectivity index (χ4n) is 3.76. The number of sulfone groups is 1. The molecule has 1 saturated heterocycles. The van der Waals surface area contributed by atoms with Crippen molar-refractivity contribution in [3.63, 3.8) is 0 Å². The highest BCUT2D eigenvalue weighted by molar-refractivity contribution is 8.00. The number of nitrogens with zero attached hydrogens (tertiary/aromatic N) is 1. The summed E-state index contributed by atoms with van der Waals surface area (Å²) >= 11 is 1.59. The van der Waals surface area contributed by atoms with Crippen LogP contribution in [0.2, 0.25) is 0 Å². The molecule has 0 unspecified atom stereocenters. The van der Waals surface area contributed by atoms with Gasteiger partial charge in [-0.3, -0.25) is 4.79 Å². The lowest BCUT2D eigenvalue weighted by atomic mass is 10.1. The van der Waals surface area contributed by atoms with Gasteiger partial charge in [0.2, 0.25) is 5.76 Å². The normalized spacial score (nSPS) is 20.8. The van der Waals surface area contributed by atoms with Crippen LogP contribution in [0.15, 0.2) is 47.5 Å². The van der Waals surface area contributed by atoms with Crippen LogP contribution in [0.4, 0.5) is 0 Å². The van der Waals surface area contributed by atoms with Gasteiger partial charge in [-0.25, -0.2) is 8.42 Å². The Kier molecular flexibility index (Phi) is 6.26. The first-order valence-corrected chi connectivity index (χ1v) is 12.6. The molecule has 2 aliphatic heterocycles. The van der Waals surface area contributed by atoms with E-state index in [0.29, 0.717) is 25.3 Å². The highest BCUT2D eigenvalue weighted by atomic mass is 32.2. The maximum absolute atomic E-state index is 13.6. The standard InChI is InChI=1S/C22H25NO5S2/c1-16-9-12-29-19(16)15-23(14-18-8-5-10-27-18)22(24)20-21(17-6-3-2-4-7-17)30(25,26)13-11-28-20/h2-4,6-7,9,12,18H,5,8,10-11,13-15H2,1H3/t18-/m1/s1. The molecule has 4 rings (SSSR count). The fraction of sp³-hybridized carbons (Fsp3) is 0.409. The Labute approximate surface area is 181 Å². The molecule has 6 nitrogen and oxygen atoms in total. The van der Waals surface area contributed by atoms with Crippen LogP contribution in [-0.2, 0) is 30.7 Å². The van der Waals surface area contributed by atoms with Crippen molar-refractivity contribution >= 4 is 32.0 Å². The molecule has 0 saturated carbocycles. The van der Waals surface area contributed by atoms with Gasteiger partial charge in [0, 0.05) is 18.0 Å². The number of hydrogen-bond acceptors (Lipinski definition) is 6. The van der Waals surface area contributed by atoms with Gasteiger partial charge in [-0.2, -0.15) is 0 Å². The summed E-state index contributed by atoms with van der Waals surface area (Å²) in [5, 5.41) is 2.00. The van der Waals surface area contributed by atoms with E-state index >= 15 is 0 Å². The Hall–Kier alpha value is -2.16. The largest absolute Gasteiger partial charge is 0.486 e. The monoisotopic (exact) mass is 447 g/mol. The molecule has 2 aromatic rings. The second-order valence-electron chi connectivity index (χ2n) is 7.54. The minimum atomic E-state index is -3.62. The van der Waals surface area contributed by atoms with Gasteiger partial charge in [0.1, 0.15) is 11.5 Å². The summed E-state index contributed by atoms with van der Waals surface area (Å²) in [6, 6.07) is 10.7. The van der Waals surface area contributed by atoms with Crippen molar-refractivity contribution < 1.29 is 22.7 Å². The molecule has 8 heteroatoms. The first-order valence-electron chi connectivity index (χ1n) is 10.0. The molecule has 1 aromatic heterocycles. The van der Waals surface area contributed by atoms with Crippen molar-refractivity contribution in [3.8, 4) is 0 Å². The van der Waals surface area contributed by atoms with E-state index in [2.05, 4.69) is 0 Å². The van der Waals surface area contributed by atoms with Crippen LogP contribution in [0, 0.1) is 6.92 Å². The second-order valence-corrected chi connectivity index (χ2v) is 10.6. The lowest BCUT2D eigenvalue weighted by Crippen LogP contribution is -2.40. The molecule has 1 amide bonds. The molecule has 0 bridgehead atoms. The third-order valence-electron chi connectivity index (χ3n) is 5.38. The molecule has 1 atom stereocenters. The van der Waals surface area contributed by atoms with Crippen LogP contribution in [0.3, 0.4) is 0 Å². The van der Waals surface area contributed by atoms with Crippen LogP contribution in [0.25, 0.3) is 4.91 Å². The molecule has 0 N–H and O–H groups in total. The molecular formula is C22H25NO5S2. The molecule has 1 fully saturated rings. The van der Waals surface area contributed by atoms with Crippen LogP contribution < -0.4 is 0 Å². The first-order chi connectivity index (χ1) is 14.5. The van der Waals surface area contributed by atoms with E-state index in [1.165, 1.54) is 0 Å². The second kappa shape index (κ2) is 8.91. The van der Waals surface area contributed by atoms with Crippen LogP contribution in [0.1, 0.15) is 28.8 Å². The van der Waals surface area contributed by atoms with Gasteiger partial charge >= 0.3 is 0 Å². The van der Waals surface area contributed by atoms with Gasteiger partial charge < -0.3 is 14.4 Å². The zero-order valence-electron chi connectivity index (χ0n) is 16.9. The first kappa shape index (κ1) is 21.1. The predicted molar refractivity (Wildman–Crippen MR) is 117 cm³/mol. The summed E-state index contributed by atoms with van der Waals surface area (Å²) in [5.74, 6) is -0.621. The number of carbonyl (C=O) groups is 1. The number of carbonyl (C=O) groups excluding carboxylic acids is 1. The Morgan fingerprint density at radius 3 is 2.67 bits per heavy atom. The highest BCUT2D eigenvalue weighted by Gasteiger charge is 2.36. The van der Waals surface area contributed by atoms with E-state index in [0.717, 1.165) is 23.3 Å². The summed E-state index contributed by atoms with van der Waals surface area (Å²) in [6.07, 6.45) is 1.81. The number of rotatable bonds is 6. The van der Waals surface area contributed by atoms with Crippen molar-refractivity contribution in [1.82, 2.24) is 4.90 Å². The maximum atomic E-state index is 13.6. The van der Waals surface area contributed by atoms with Crippen molar-refractivity contribution in [2.45, 2.75) is 32.4 Å². The lowest BCUT2D eigenvalue weighted by molar-refractivity contribution is -0.132. The molecule has 160 valence electrons. The van der Waals surface area contributed by atoms with E-state index in [9.17, 15) is 13.2 Å². The van der Waals surface area contributed by atoms with Crippen molar-refractivity contribution in [2.24, 2.45) is 0 Å². The zero-order chi connectivity index (χ0) is 21.1. The fourth-order valence-corrected chi connectivity index (χ4v) is 6.11. The topological polar surface area (TPSA) is 72.9 Å².